The molecule has 0 aliphatic heterocycles. The molecule has 0 saturated carbocycles. The van der Waals surface area contributed by atoms with Gasteiger partial charge in [0.2, 0.25) is 0 Å². The third-order valence-corrected chi connectivity index (χ3v) is 3.75. The molecule has 0 saturated heterocycles. The van der Waals surface area contributed by atoms with Crippen LogP contribution in [0.25, 0.3) is 6.08 Å². The number of aryl methyl sites for hydroxylation is 1. The summed E-state index contributed by atoms with van der Waals surface area (Å²) in [7, 11) is 1.70. The predicted molar refractivity (Wildman–Crippen MR) is 78.0 cm³/mol. The van der Waals surface area contributed by atoms with Crippen LogP contribution in [0, 0.1) is 6.92 Å². The quantitative estimate of drug-likeness (QED) is 0.858. The molecule has 2 heterocycles. The van der Waals surface area contributed by atoms with Crippen LogP contribution in [0.2, 0.25) is 0 Å². The lowest BCUT2D eigenvalue weighted by molar-refractivity contribution is -0.131. The SMILES string of the molecule is Cc1oncc1C(=O)N(C)Cc1cc(C=CC(=O)O)cs1. The summed E-state index contributed by atoms with van der Waals surface area (Å²) in [4.78, 5) is 25.2. The lowest BCUT2D eigenvalue weighted by Gasteiger charge is -2.15. The number of amides is 1. The molecule has 110 valence electrons. The van der Waals surface area contributed by atoms with Gasteiger partial charge in [-0.15, -0.1) is 11.3 Å². The second kappa shape index (κ2) is 6.36. The maximum Gasteiger partial charge on any atom is 0.328 e. The normalized spacial score (nSPS) is 11.0. The van der Waals surface area contributed by atoms with Crippen LogP contribution in [0.5, 0.6) is 0 Å². The molecule has 0 radical (unpaired) electrons. The average Bonchev–Trinajstić information content (AvgIpc) is 3.04. The molecule has 2 aromatic heterocycles. The van der Waals surface area contributed by atoms with Gasteiger partial charge in [0.15, 0.2) is 0 Å². The van der Waals surface area contributed by atoms with Crippen LogP contribution in [0.3, 0.4) is 0 Å². The van der Waals surface area contributed by atoms with Crippen molar-refractivity contribution in [3.05, 3.63) is 45.5 Å². The molecule has 1 N–H and O–H groups in total. The molecule has 0 spiro atoms. The van der Waals surface area contributed by atoms with Crippen LogP contribution >= 0.6 is 11.3 Å². The van der Waals surface area contributed by atoms with E-state index in [4.69, 9.17) is 9.63 Å². The maximum atomic E-state index is 12.2. The van der Waals surface area contributed by atoms with E-state index in [1.165, 1.54) is 23.6 Å². The molecule has 1 amide bonds. The van der Waals surface area contributed by atoms with Gasteiger partial charge in [-0.25, -0.2) is 4.79 Å². The summed E-state index contributed by atoms with van der Waals surface area (Å²) in [5, 5.41) is 14.0. The molecule has 0 atom stereocenters. The number of carbonyl (C=O) groups is 2. The fourth-order valence-corrected chi connectivity index (χ4v) is 2.66. The van der Waals surface area contributed by atoms with Gasteiger partial charge in [0.1, 0.15) is 11.3 Å². The van der Waals surface area contributed by atoms with Crippen molar-refractivity contribution in [2.75, 3.05) is 7.05 Å². The van der Waals surface area contributed by atoms with E-state index in [0.29, 0.717) is 17.9 Å². The van der Waals surface area contributed by atoms with Gasteiger partial charge in [0.05, 0.1) is 12.7 Å². The van der Waals surface area contributed by atoms with Gasteiger partial charge in [-0.2, -0.15) is 0 Å². The summed E-state index contributed by atoms with van der Waals surface area (Å²) in [5.41, 5.74) is 1.25. The van der Waals surface area contributed by atoms with Gasteiger partial charge >= 0.3 is 5.97 Å². The molecule has 0 bridgehead atoms. The second-order valence-electron chi connectivity index (χ2n) is 4.47. The molecule has 7 heteroatoms. The molecule has 0 aliphatic carbocycles. The summed E-state index contributed by atoms with van der Waals surface area (Å²) < 4.78 is 4.88. The third kappa shape index (κ3) is 3.79. The van der Waals surface area contributed by atoms with Gasteiger partial charge in [-0.1, -0.05) is 5.16 Å². The van der Waals surface area contributed by atoms with E-state index < -0.39 is 5.97 Å². The minimum atomic E-state index is -0.988. The Labute approximate surface area is 125 Å². The van der Waals surface area contributed by atoms with Crippen LogP contribution in [-0.2, 0) is 11.3 Å². The Morgan fingerprint density at radius 2 is 2.29 bits per heavy atom. The number of thiophene rings is 1. The number of carbonyl (C=O) groups excluding carboxylic acids is 1. The first kappa shape index (κ1) is 15.0. The van der Waals surface area contributed by atoms with Crippen molar-refractivity contribution < 1.29 is 19.2 Å². The summed E-state index contributed by atoms with van der Waals surface area (Å²) in [5.74, 6) is -0.661. The topological polar surface area (TPSA) is 83.6 Å². The highest BCUT2D eigenvalue weighted by molar-refractivity contribution is 7.10. The highest BCUT2D eigenvalue weighted by Gasteiger charge is 2.17. The molecule has 6 nitrogen and oxygen atoms in total. The van der Waals surface area contributed by atoms with E-state index >= 15 is 0 Å². The van der Waals surface area contributed by atoms with Gasteiger partial charge in [-0.05, 0) is 30.0 Å². The van der Waals surface area contributed by atoms with Crippen molar-refractivity contribution >= 4 is 29.3 Å². The zero-order chi connectivity index (χ0) is 15.4. The zero-order valence-electron chi connectivity index (χ0n) is 11.6. The Bertz CT molecular complexity index is 687. The van der Waals surface area contributed by atoms with E-state index in [0.717, 1.165) is 16.5 Å². The molecule has 2 rings (SSSR count). The predicted octanol–water partition coefficient (Wildman–Crippen LogP) is 2.41. The van der Waals surface area contributed by atoms with Crippen LogP contribution < -0.4 is 0 Å². The number of hydrogen-bond donors (Lipinski definition) is 1. The van der Waals surface area contributed by atoms with Crippen molar-refractivity contribution in [1.82, 2.24) is 10.1 Å². The molecular weight excluding hydrogens is 292 g/mol. The Balaban J connectivity index is 2.03. The smallest absolute Gasteiger partial charge is 0.328 e. The fraction of sp³-hybridized carbons (Fsp3) is 0.214. The first-order valence-electron chi connectivity index (χ1n) is 6.12. The molecular formula is C14H14N2O4S. The number of nitrogens with zero attached hydrogens (tertiary/aromatic N) is 2. The van der Waals surface area contributed by atoms with Crippen molar-refractivity contribution in [1.29, 1.82) is 0 Å². The lowest BCUT2D eigenvalue weighted by atomic mass is 10.2. The van der Waals surface area contributed by atoms with Crippen LogP contribution in [0.1, 0.15) is 26.6 Å². The van der Waals surface area contributed by atoms with Crippen molar-refractivity contribution in [2.24, 2.45) is 0 Å². The zero-order valence-corrected chi connectivity index (χ0v) is 12.4. The number of rotatable bonds is 5. The van der Waals surface area contributed by atoms with Crippen molar-refractivity contribution in [3.8, 4) is 0 Å². The molecule has 0 aromatic carbocycles. The third-order valence-electron chi connectivity index (χ3n) is 2.81. The van der Waals surface area contributed by atoms with E-state index in [9.17, 15) is 9.59 Å². The van der Waals surface area contributed by atoms with E-state index in [2.05, 4.69) is 5.16 Å². The molecule has 0 fully saturated rings. The standard InChI is InChI=1S/C14H14N2O4S/c1-9-12(6-15-20-9)14(19)16(2)7-11-5-10(8-21-11)3-4-13(17)18/h3-6,8H,7H2,1-2H3,(H,17,18). The second-order valence-corrected chi connectivity index (χ2v) is 5.47. The summed E-state index contributed by atoms with van der Waals surface area (Å²) in [6, 6.07) is 1.86. The Hall–Kier alpha value is -2.41. The molecule has 2 aromatic rings. The Morgan fingerprint density at radius 3 is 2.90 bits per heavy atom. The lowest BCUT2D eigenvalue weighted by Crippen LogP contribution is -2.25. The molecule has 21 heavy (non-hydrogen) atoms. The van der Waals surface area contributed by atoms with Gasteiger partial charge in [0, 0.05) is 18.0 Å². The summed E-state index contributed by atoms with van der Waals surface area (Å²) in [6.07, 6.45) is 4.01. The van der Waals surface area contributed by atoms with E-state index in [1.807, 2.05) is 11.4 Å². The van der Waals surface area contributed by atoms with Crippen LogP contribution in [-0.4, -0.2) is 34.1 Å². The van der Waals surface area contributed by atoms with Crippen LogP contribution in [0.15, 0.2) is 28.2 Å². The summed E-state index contributed by atoms with van der Waals surface area (Å²) in [6.45, 7) is 2.13. The first-order valence-corrected chi connectivity index (χ1v) is 7.00. The number of carboxylic acid groups (broad SMARTS) is 1. The Morgan fingerprint density at radius 1 is 1.52 bits per heavy atom. The van der Waals surface area contributed by atoms with Crippen LogP contribution in [0.4, 0.5) is 0 Å². The minimum Gasteiger partial charge on any atom is -0.478 e. The van der Waals surface area contributed by atoms with Crippen molar-refractivity contribution in [2.45, 2.75) is 13.5 Å². The van der Waals surface area contributed by atoms with Gasteiger partial charge in [0.25, 0.3) is 5.91 Å². The largest absolute Gasteiger partial charge is 0.478 e. The summed E-state index contributed by atoms with van der Waals surface area (Å²) >= 11 is 1.47. The monoisotopic (exact) mass is 306 g/mol. The molecule has 0 unspecified atom stereocenters. The van der Waals surface area contributed by atoms with Gasteiger partial charge in [-0.3, -0.25) is 4.79 Å². The minimum absolute atomic E-state index is 0.162. The highest BCUT2D eigenvalue weighted by atomic mass is 32.1. The number of carboxylic acids is 1. The highest BCUT2D eigenvalue weighted by Crippen LogP contribution is 2.19. The Kier molecular flexibility index (Phi) is 4.54. The van der Waals surface area contributed by atoms with Gasteiger partial charge < -0.3 is 14.5 Å². The number of aromatic nitrogens is 1. The maximum absolute atomic E-state index is 12.2. The average molecular weight is 306 g/mol. The van der Waals surface area contributed by atoms with E-state index in [1.54, 1.807) is 18.9 Å². The van der Waals surface area contributed by atoms with Crippen molar-refractivity contribution in [3.63, 3.8) is 0 Å². The first-order chi connectivity index (χ1) is 9.97. The number of aliphatic carboxylic acids is 1. The molecule has 0 aliphatic rings. The number of hydrogen-bond acceptors (Lipinski definition) is 5. The van der Waals surface area contributed by atoms with E-state index in [-0.39, 0.29) is 5.91 Å². The fourth-order valence-electron chi connectivity index (χ4n) is 1.75.